The Kier molecular flexibility index (Phi) is 4.32. The summed E-state index contributed by atoms with van der Waals surface area (Å²) in [6.45, 7) is 3.85. The van der Waals surface area contributed by atoms with Crippen molar-refractivity contribution in [3.05, 3.63) is 58.0 Å². The molecule has 0 bridgehead atoms. The molecule has 1 unspecified atom stereocenters. The Balaban J connectivity index is 2.44. The van der Waals surface area contributed by atoms with Gasteiger partial charge in [0.25, 0.3) is 0 Å². The van der Waals surface area contributed by atoms with E-state index >= 15 is 0 Å². The molecule has 0 amide bonds. The van der Waals surface area contributed by atoms with Crippen molar-refractivity contribution in [2.75, 3.05) is 6.61 Å². The monoisotopic (exact) mass is 289 g/mol. The molecule has 21 heavy (non-hydrogen) atoms. The maximum atomic E-state index is 12.2. The van der Waals surface area contributed by atoms with Gasteiger partial charge in [0.2, 0.25) is 6.33 Å². The molecule has 110 valence electrons. The maximum Gasteiger partial charge on any atom is 0.381 e. The first kappa shape index (κ1) is 14.7. The molecule has 0 saturated carbocycles. The van der Waals surface area contributed by atoms with E-state index in [1.54, 1.807) is 13.0 Å². The summed E-state index contributed by atoms with van der Waals surface area (Å²) in [5.74, 6) is -0.785. The molecular formula is C14H15N3O4. The zero-order valence-electron chi connectivity index (χ0n) is 11.7. The molecular weight excluding hydrogens is 274 g/mol. The second-order valence-corrected chi connectivity index (χ2v) is 4.50. The van der Waals surface area contributed by atoms with Crippen molar-refractivity contribution in [3.63, 3.8) is 0 Å². The number of rotatable bonds is 5. The van der Waals surface area contributed by atoms with Crippen LogP contribution >= 0.6 is 0 Å². The molecule has 0 aliphatic carbocycles. The van der Waals surface area contributed by atoms with Crippen LogP contribution in [0.2, 0.25) is 0 Å². The lowest BCUT2D eigenvalue weighted by atomic mass is 10.0. The largest absolute Gasteiger partial charge is 0.464 e. The van der Waals surface area contributed by atoms with Crippen LogP contribution in [0.25, 0.3) is 0 Å². The van der Waals surface area contributed by atoms with E-state index in [1.807, 2.05) is 25.1 Å². The van der Waals surface area contributed by atoms with Crippen molar-refractivity contribution < 1.29 is 14.5 Å². The number of nitrogens with zero attached hydrogens (tertiary/aromatic N) is 3. The smallest absolute Gasteiger partial charge is 0.381 e. The third kappa shape index (κ3) is 3.25. The lowest BCUT2D eigenvalue weighted by molar-refractivity contribution is -0.389. The molecule has 0 spiro atoms. The predicted octanol–water partition coefficient (Wildman–Crippen LogP) is 2.25. The van der Waals surface area contributed by atoms with Gasteiger partial charge in [-0.25, -0.2) is 4.79 Å². The number of carbonyl (C=O) groups excluding carboxylic acids is 1. The number of carbonyl (C=O) groups is 1. The van der Waals surface area contributed by atoms with Crippen molar-refractivity contribution >= 4 is 11.8 Å². The van der Waals surface area contributed by atoms with E-state index < -0.39 is 16.9 Å². The first-order valence-corrected chi connectivity index (χ1v) is 6.44. The first-order chi connectivity index (χ1) is 10.0. The third-order valence-electron chi connectivity index (χ3n) is 2.94. The number of hydrogen-bond acceptors (Lipinski definition) is 5. The number of benzene rings is 1. The molecule has 7 heteroatoms. The Bertz CT molecular complexity index is 666. The number of esters is 1. The van der Waals surface area contributed by atoms with Gasteiger partial charge in [-0.15, -0.1) is 0 Å². The van der Waals surface area contributed by atoms with Gasteiger partial charge >= 0.3 is 11.8 Å². The highest BCUT2D eigenvalue weighted by atomic mass is 16.6. The summed E-state index contributed by atoms with van der Waals surface area (Å²) in [6.07, 6.45) is 2.49. The van der Waals surface area contributed by atoms with Gasteiger partial charge in [-0.05, 0) is 29.3 Å². The Morgan fingerprint density at radius 2 is 2.29 bits per heavy atom. The fourth-order valence-corrected chi connectivity index (χ4v) is 2.05. The van der Waals surface area contributed by atoms with E-state index in [0.29, 0.717) is 5.56 Å². The van der Waals surface area contributed by atoms with Crippen molar-refractivity contribution in [3.8, 4) is 0 Å². The Hall–Kier alpha value is -2.70. The molecule has 1 aromatic carbocycles. The van der Waals surface area contributed by atoms with Gasteiger partial charge in [-0.2, -0.15) is 0 Å². The second-order valence-electron chi connectivity index (χ2n) is 4.50. The minimum Gasteiger partial charge on any atom is -0.464 e. The SMILES string of the molecule is CCOC(=O)C(c1cccc(C)c1)n1cnc([N+](=O)[O-])c1. The quantitative estimate of drug-likeness (QED) is 0.478. The number of imidazole rings is 1. The highest BCUT2D eigenvalue weighted by Gasteiger charge is 2.26. The van der Waals surface area contributed by atoms with Crippen LogP contribution in [-0.4, -0.2) is 27.1 Å². The van der Waals surface area contributed by atoms with Crippen LogP contribution in [0.4, 0.5) is 5.82 Å². The van der Waals surface area contributed by atoms with Gasteiger partial charge in [0, 0.05) is 0 Å². The van der Waals surface area contributed by atoms with Crippen LogP contribution in [0.3, 0.4) is 0 Å². The molecule has 0 N–H and O–H groups in total. The van der Waals surface area contributed by atoms with Crippen molar-refractivity contribution in [1.29, 1.82) is 0 Å². The summed E-state index contributed by atoms with van der Waals surface area (Å²) in [6, 6.07) is 6.56. The summed E-state index contributed by atoms with van der Waals surface area (Å²) < 4.78 is 6.46. The second kappa shape index (κ2) is 6.17. The predicted molar refractivity (Wildman–Crippen MR) is 74.8 cm³/mol. The van der Waals surface area contributed by atoms with Crippen molar-refractivity contribution in [2.45, 2.75) is 19.9 Å². The summed E-state index contributed by atoms with van der Waals surface area (Å²) in [7, 11) is 0. The molecule has 0 aliphatic rings. The van der Waals surface area contributed by atoms with E-state index in [2.05, 4.69) is 4.98 Å². The van der Waals surface area contributed by atoms with E-state index in [9.17, 15) is 14.9 Å². The van der Waals surface area contributed by atoms with Gasteiger partial charge in [0.05, 0.1) is 6.61 Å². The molecule has 1 heterocycles. The van der Waals surface area contributed by atoms with Gasteiger partial charge in [-0.1, -0.05) is 29.8 Å². The molecule has 2 rings (SSSR count). The minimum atomic E-state index is -0.786. The first-order valence-electron chi connectivity index (χ1n) is 6.44. The van der Waals surface area contributed by atoms with Crippen LogP contribution in [0, 0.1) is 17.0 Å². The third-order valence-corrected chi connectivity index (χ3v) is 2.94. The molecule has 0 fully saturated rings. The van der Waals surface area contributed by atoms with Crippen molar-refractivity contribution in [1.82, 2.24) is 9.55 Å². The molecule has 0 radical (unpaired) electrons. The molecule has 7 nitrogen and oxygen atoms in total. The topological polar surface area (TPSA) is 87.3 Å². The molecule has 2 aromatic rings. The maximum absolute atomic E-state index is 12.2. The Labute approximate surface area is 121 Å². The highest BCUT2D eigenvalue weighted by Crippen LogP contribution is 2.23. The highest BCUT2D eigenvalue weighted by molar-refractivity contribution is 5.78. The summed E-state index contributed by atoms with van der Waals surface area (Å²) in [5, 5.41) is 10.7. The lowest BCUT2D eigenvalue weighted by Crippen LogP contribution is -2.22. The normalized spacial score (nSPS) is 11.9. The fraction of sp³-hybridized carbons (Fsp3) is 0.286. The van der Waals surface area contributed by atoms with E-state index in [1.165, 1.54) is 17.1 Å². The Morgan fingerprint density at radius 1 is 1.52 bits per heavy atom. The standard InChI is InChI=1S/C14H15N3O4/c1-3-21-14(18)13(11-6-4-5-10(2)7-11)16-8-12(15-9-16)17(19)20/h4-9,13H,3H2,1-2H3. The number of hydrogen-bond donors (Lipinski definition) is 0. The van der Waals surface area contributed by atoms with Gasteiger partial charge in [0.15, 0.2) is 6.04 Å². The molecule has 1 atom stereocenters. The van der Waals surface area contributed by atoms with Gasteiger partial charge in [-0.3, -0.25) is 4.57 Å². The average molecular weight is 289 g/mol. The zero-order chi connectivity index (χ0) is 15.4. The van der Waals surface area contributed by atoms with Gasteiger partial charge in [0.1, 0.15) is 6.20 Å². The number of aromatic nitrogens is 2. The van der Waals surface area contributed by atoms with Crippen LogP contribution in [0.5, 0.6) is 0 Å². The summed E-state index contributed by atoms with van der Waals surface area (Å²) >= 11 is 0. The number of ether oxygens (including phenoxy) is 1. The van der Waals surface area contributed by atoms with Crippen LogP contribution in [-0.2, 0) is 9.53 Å². The van der Waals surface area contributed by atoms with E-state index in [4.69, 9.17) is 4.74 Å². The summed E-state index contributed by atoms with van der Waals surface area (Å²) in [5.41, 5.74) is 1.68. The van der Waals surface area contributed by atoms with E-state index in [0.717, 1.165) is 5.56 Å². The average Bonchev–Trinajstić information content (AvgIpc) is 2.89. The molecule has 0 saturated heterocycles. The van der Waals surface area contributed by atoms with Crippen molar-refractivity contribution in [2.24, 2.45) is 0 Å². The number of nitro groups is 1. The van der Waals surface area contributed by atoms with Crippen LogP contribution in [0.15, 0.2) is 36.8 Å². The lowest BCUT2D eigenvalue weighted by Gasteiger charge is -2.16. The zero-order valence-corrected chi connectivity index (χ0v) is 11.7. The minimum absolute atomic E-state index is 0.234. The number of aryl methyl sites for hydroxylation is 1. The fourth-order valence-electron chi connectivity index (χ4n) is 2.05. The van der Waals surface area contributed by atoms with Crippen LogP contribution in [0.1, 0.15) is 24.1 Å². The Morgan fingerprint density at radius 3 is 2.86 bits per heavy atom. The summed E-state index contributed by atoms with van der Waals surface area (Å²) in [4.78, 5) is 26.0. The van der Waals surface area contributed by atoms with E-state index in [-0.39, 0.29) is 12.4 Å². The molecule has 0 aliphatic heterocycles. The molecule has 1 aromatic heterocycles. The van der Waals surface area contributed by atoms with Crippen LogP contribution < -0.4 is 0 Å². The van der Waals surface area contributed by atoms with Gasteiger partial charge < -0.3 is 14.9 Å².